The molecule has 0 spiro atoms. The van der Waals surface area contributed by atoms with Gasteiger partial charge in [0, 0.05) is 6.54 Å². The summed E-state index contributed by atoms with van der Waals surface area (Å²) in [6, 6.07) is 12.7. The summed E-state index contributed by atoms with van der Waals surface area (Å²) in [7, 11) is -4.33. The number of aliphatic hydroxyl groups is 1. The second kappa shape index (κ2) is 9.29. The lowest BCUT2D eigenvalue weighted by Gasteiger charge is -2.30. The summed E-state index contributed by atoms with van der Waals surface area (Å²) in [4.78, 5) is 14.1. The first-order valence-corrected chi connectivity index (χ1v) is 13.2. The Kier molecular flexibility index (Phi) is 6.40. The molecular formula is C24H26FN6O5P. The zero-order chi connectivity index (χ0) is 26.4. The number of nitriles is 1. The fourth-order valence-electron chi connectivity index (χ4n) is 4.96. The molecule has 2 aromatic heterocycles. The molecular weight excluding hydrogens is 502 g/mol. The largest absolute Gasteiger partial charge is 0.403 e. The molecule has 2 aliphatic rings. The van der Waals surface area contributed by atoms with Crippen molar-refractivity contribution in [3.8, 4) is 6.07 Å². The standard InChI is InChI=1S/C24H26FN6O5P/c1-23(25)21(32)19(36-24(23,13-26)20-9-8-18-22(27)28-14-29-31(18)20)12-35-37(33,34)30-11-10-16-7-6-15-4-2-3-5-17(15)16/h2-5,7-9,14,19,21,32H,6,10-12H2,1H3,(H2,27,28,29)(H2,30,33,34)/t19-,21-,23-,24+/m1/s1. The Hall–Kier alpha value is -3.17. The highest BCUT2D eigenvalue weighted by Crippen LogP contribution is 2.50. The van der Waals surface area contributed by atoms with Gasteiger partial charge in [0.25, 0.3) is 0 Å². The van der Waals surface area contributed by atoms with Gasteiger partial charge in [-0.15, -0.1) is 0 Å². The summed E-state index contributed by atoms with van der Waals surface area (Å²) in [5.41, 5.74) is 4.61. The van der Waals surface area contributed by atoms with Gasteiger partial charge in [-0.1, -0.05) is 30.3 Å². The SMILES string of the molecule is C[C@@]1(F)[C@H](O)[C@@H](COP(=O)(O)NCCC2=CCc3ccccc32)O[C@@]1(C#N)c1ccc2c(N)ncnn12. The van der Waals surface area contributed by atoms with Crippen LogP contribution in [0.1, 0.15) is 30.2 Å². The number of aliphatic hydroxyl groups excluding tert-OH is 1. The Bertz CT molecular complexity index is 1470. The number of ether oxygens (including phenoxy) is 1. The van der Waals surface area contributed by atoms with E-state index in [1.165, 1.54) is 22.2 Å². The lowest BCUT2D eigenvalue weighted by Crippen LogP contribution is -2.48. The van der Waals surface area contributed by atoms with Gasteiger partial charge in [0.05, 0.1) is 12.3 Å². The van der Waals surface area contributed by atoms with Crippen LogP contribution in [0.15, 0.2) is 48.8 Å². The monoisotopic (exact) mass is 528 g/mol. The first kappa shape index (κ1) is 25.5. The van der Waals surface area contributed by atoms with E-state index in [-0.39, 0.29) is 18.1 Å². The van der Waals surface area contributed by atoms with Crippen LogP contribution in [0, 0.1) is 11.3 Å². The number of anilines is 1. The van der Waals surface area contributed by atoms with E-state index in [4.69, 9.17) is 15.0 Å². The van der Waals surface area contributed by atoms with Crippen LogP contribution in [-0.4, -0.2) is 55.6 Å². The maximum absolute atomic E-state index is 16.0. The van der Waals surface area contributed by atoms with E-state index >= 15 is 4.39 Å². The summed E-state index contributed by atoms with van der Waals surface area (Å²) >= 11 is 0. The quantitative estimate of drug-likeness (QED) is 0.318. The van der Waals surface area contributed by atoms with Crippen molar-refractivity contribution in [2.24, 2.45) is 0 Å². The molecule has 5 N–H and O–H groups in total. The lowest BCUT2D eigenvalue weighted by atomic mass is 9.82. The number of fused-ring (bicyclic) bond motifs is 2. The molecule has 1 aliphatic heterocycles. The van der Waals surface area contributed by atoms with Crippen molar-refractivity contribution in [1.82, 2.24) is 19.7 Å². The van der Waals surface area contributed by atoms with Crippen molar-refractivity contribution in [2.75, 3.05) is 18.9 Å². The molecule has 1 aromatic carbocycles. The molecule has 1 saturated heterocycles. The normalized spacial score (nSPS) is 28.6. The lowest BCUT2D eigenvalue weighted by molar-refractivity contribution is -0.0703. The van der Waals surface area contributed by atoms with Crippen LogP contribution in [-0.2, 0) is 25.8 Å². The molecule has 37 heavy (non-hydrogen) atoms. The van der Waals surface area contributed by atoms with Gasteiger partial charge in [-0.25, -0.2) is 23.5 Å². The second-order valence-corrected chi connectivity index (χ2v) is 10.8. The number of benzene rings is 1. The van der Waals surface area contributed by atoms with Gasteiger partial charge in [0.15, 0.2) is 11.5 Å². The zero-order valence-corrected chi connectivity index (χ0v) is 20.8. The summed E-state index contributed by atoms with van der Waals surface area (Å²) < 4.78 is 40.7. The molecule has 3 aromatic rings. The van der Waals surface area contributed by atoms with Crippen LogP contribution in [0.2, 0.25) is 0 Å². The Morgan fingerprint density at radius 1 is 1.41 bits per heavy atom. The minimum atomic E-state index is -4.33. The van der Waals surface area contributed by atoms with E-state index in [0.29, 0.717) is 11.9 Å². The van der Waals surface area contributed by atoms with Crippen LogP contribution in [0.3, 0.4) is 0 Å². The predicted octanol–water partition coefficient (Wildman–Crippen LogP) is 2.25. The molecule has 1 aliphatic carbocycles. The number of nitrogen functional groups attached to an aromatic ring is 1. The Morgan fingerprint density at radius 3 is 2.97 bits per heavy atom. The van der Waals surface area contributed by atoms with Crippen LogP contribution in [0.5, 0.6) is 0 Å². The van der Waals surface area contributed by atoms with Crippen molar-refractivity contribution in [1.29, 1.82) is 5.26 Å². The molecule has 194 valence electrons. The van der Waals surface area contributed by atoms with Crippen molar-refractivity contribution >= 4 is 24.7 Å². The molecule has 13 heteroatoms. The summed E-state index contributed by atoms with van der Waals surface area (Å²) in [5.74, 6) is 0.109. The topological polar surface area (TPSA) is 168 Å². The maximum Gasteiger partial charge on any atom is 0.403 e. The Labute approximate surface area is 211 Å². The number of nitrogens with one attached hydrogen (secondary N) is 1. The van der Waals surface area contributed by atoms with Crippen molar-refractivity contribution in [3.05, 3.63) is 65.6 Å². The molecule has 11 nitrogen and oxygen atoms in total. The predicted molar refractivity (Wildman–Crippen MR) is 132 cm³/mol. The highest BCUT2D eigenvalue weighted by molar-refractivity contribution is 7.50. The number of halogens is 1. The third-order valence-electron chi connectivity index (χ3n) is 6.98. The van der Waals surface area contributed by atoms with Gasteiger partial charge in [0.2, 0.25) is 5.60 Å². The molecule has 5 atom stereocenters. The number of rotatable bonds is 8. The van der Waals surface area contributed by atoms with E-state index in [1.54, 1.807) is 0 Å². The Morgan fingerprint density at radius 2 is 2.19 bits per heavy atom. The molecule has 3 heterocycles. The number of hydrogen-bond acceptors (Lipinski definition) is 8. The van der Waals surface area contributed by atoms with Gasteiger partial charge in [-0.3, -0.25) is 4.52 Å². The number of alkyl halides is 1. The molecule has 0 saturated carbocycles. The van der Waals surface area contributed by atoms with E-state index in [0.717, 1.165) is 30.8 Å². The third kappa shape index (κ3) is 4.24. The van der Waals surface area contributed by atoms with Gasteiger partial charge in [0.1, 0.15) is 30.1 Å². The van der Waals surface area contributed by atoms with Crippen LogP contribution >= 0.6 is 7.75 Å². The van der Waals surface area contributed by atoms with Crippen LogP contribution in [0.25, 0.3) is 11.1 Å². The van der Waals surface area contributed by atoms with Gasteiger partial charge in [-0.05, 0) is 48.6 Å². The number of nitrogens with two attached hydrogens (primary N) is 1. The molecule has 1 fully saturated rings. The average molecular weight is 528 g/mol. The number of aromatic nitrogens is 3. The number of hydrogen-bond donors (Lipinski definition) is 4. The van der Waals surface area contributed by atoms with Crippen LogP contribution in [0.4, 0.5) is 10.2 Å². The first-order valence-electron chi connectivity index (χ1n) is 11.6. The van der Waals surface area contributed by atoms with E-state index < -0.39 is 37.8 Å². The minimum absolute atomic E-state index is 0.0129. The fourth-order valence-corrected chi connectivity index (χ4v) is 5.79. The summed E-state index contributed by atoms with van der Waals surface area (Å²) in [5, 5.41) is 27.3. The minimum Gasteiger partial charge on any atom is -0.387 e. The summed E-state index contributed by atoms with van der Waals surface area (Å²) in [6.45, 7) is 0.536. The fraction of sp³-hybridized carbons (Fsp3) is 0.375. The highest BCUT2D eigenvalue weighted by Gasteiger charge is 2.67. The van der Waals surface area contributed by atoms with Crippen molar-refractivity contribution in [3.63, 3.8) is 0 Å². The summed E-state index contributed by atoms with van der Waals surface area (Å²) in [6.07, 6.45) is 1.26. The molecule has 0 amide bonds. The zero-order valence-electron chi connectivity index (χ0n) is 19.9. The molecule has 5 rings (SSSR count). The van der Waals surface area contributed by atoms with Gasteiger partial charge in [-0.2, -0.15) is 10.4 Å². The van der Waals surface area contributed by atoms with E-state index in [9.17, 15) is 19.8 Å². The number of nitrogens with zero attached hydrogens (tertiary/aromatic N) is 4. The number of allylic oxidation sites excluding steroid dienone is 1. The van der Waals surface area contributed by atoms with E-state index in [1.807, 2.05) is 30.3 Å². The molecule has 0 bridgehead atoms. The average Bonchev–Trinajstić information content (AvgIpc) is 3.54. The third-order valence-corrected chi connectivity index (χ3v) is 8.10. The van der Waals surface area contributed by atoms with Crippen molar-refractivity contribution in [2.45, 2.75) is 43.2 Å². The molecule has 1 unspecified atom stereocenters. The van der Waals surface area contributed by atoms with Crippen LogP contribution < -0.4 is 10.8 Å². The Balaban J connectivity index is 1.27. The maximum atomic E-state index is 16.0. The van der Waals surface area contributed by atoms with Crippen molar-refractivity contribution < 1.29 is 28.2 Å². The molecule has 0 radical (unpaired) electrons. The van der Waals surface area contributed by atoms with Gasteiger partial charge < -0.3 is 20.5 Å². The van der Waals surface area contributed by atoms with Gasteiger partial charge >= 0.3 is 7.75 Å². The second-order valence-electron chi connectivity index (χ2n) is 9.20. The van der Waals surface area contributed by atoms with E-state index in [2.05, 4.69) is 21.2 Å². The first-order chi connectivity index (χ1) is 17.6. The highest BCUT2D eigenvalue weighted by atomic mass is 31.2. The smallest absolute Gasteiger partial charge is 0.387 e.